The van der Waals surface area contributed by atoms with E-state index >= 15 is 0 Å². The predicted molar refractivity (Wildman–Crippen MR) is 44.7 cm³/mol. The Morgan fingerprint density at radius 2 is 1.78 bits per heavy atom. The number of allylic oxidation sites excluding steroid dienone is 1. The van der Waals surface area contributed by atoms with E-state index in [9.17, 15) is 0 Å². The van der Waals surface area contributed by atoms with Crippen molar-refractivity contribution in [3.05, 3.63) is 10.6 Å². The first-order valence-corrected chi connectivity index (χ1v) is 3.98. The molecule has 9 heavy (non-hydrogen) atoms. The lowest BCUT2D eigenvalue weighted by molar-refractivity contribution is 0.976. The molecule has 0 aromatic rings. The summed E-state index contributed by atoms with van der Waals surface area (Å²) >= 11 is 21.8. The Hall–Kier alpha value is 0.900. The molecule has 0 fully saturated rings. The van der Waals surface area contributed by atoms with Crippen molar-refractivity contribution in [1.29, 1.82) is 0 Å². The summed E-state index contributed by atoms with van der Waals surface area (Å²) in [6.07, 6.45) is 1.49. The second-order valence-electron chi connectivity index (χ2n) is 1.58. The molecule has 0 saturated heterocycles. The van der Waals surface area contributed by atoms with Crippen molar-refractivity contribution in [2.45, 2.75) is 17.7 Å². The quantitative estimate of drug-likeness (QED) is 0.608. The van der Waals surface area contributed by atoms with Crippen LogP contribution >= 0.6 is 46.4 Å². The standard InChI is InChI=1S/C5H6Cl4/c1-3(6)4(7)2-5(8)9/h2-4H,1H3/t3-,4-/m1/s1. The van der Waals surface area contributed by atoms with Crippen LogP contribution in [0.5, 0.6) is 0 Å². The van der Waals surface area contributed by atoms with Crippen LogP contribution < -0.4 is 0 Å². The minimum absolute atomic E-state index is 0.154. The van der Waals surface area contributed by atoms with E-state index in [-0.39, 0.29) is 15.2 Å². The average Bonchev–Trinajstić information content (AvgIpc) is 1.63. The summed E-state index contributed by atoms with van der Waals surface area (Å²) in [5.74, 6) is 0. The van der Waals surface area contributed by atoms with Crippen LogP contribution in [0.3, 0.4) is 0 Å². The SMILES string of the molecule is C[C@@H](Cl)[C@H](Cl)C=C(Cl)Cl. The topological polar surface area (TPSA) is 0 Å². The first kappa shape index (κ1) is 9.90. The summed E-state index contributed by atoms with van der Waals surface area (Å²) in [7, 11) is 0. The molecule has 0 heterocycles. The van der Waals surface area contributed by atoms with Crippen LogP contribution in [-0.4, -0.2) is 10.8 Å². The van der Waals surface area contributed by atoms with E-state index < -0.39 is 0 Å². The third-order valence-corrected chi connectivity index (χ3v) is 1.88. The molecular weight excluding hydrogens is 202 g/mol. The second-order valence-corrected chi connectivity index (χ2v) is 3.78. The molecule has 0 amide bonds. The summed E-state index contributed by atoms with van der Waals surface area (Å²) < 4.78 is 0.155. The van der Waals surface area contributed by atoms with Crippen LogP contribution in [0, 0.1) is 0 Å². The van der Waals surface area contributed by atoms with Gasteiger partial charge in [-0.3, -0.25) is 0 Å². The zero-order chi connectivity index (χ0) is 7.44. The summed E-state index contributed by atoms with van der Waals surface area (Å²) in [4.78, 5) is 0. The van der Waals surface area contributed by atoms with Crippen LogP contribution in [0.1, 0.15) is 6.92 Å². The molecule has 0 unspecified atom stereocenters. The number of rotatable bonds is 2. The van der Waals surface area contributed by atoms with E-state index in [4.69, 9.17) is 46.4 Å². The summed E-state index contributed by atoms with van der Waals surface area (Å²) in [6, 6.07) is 0. The lowest BCUT2D eigenvalue weighted by Crippen LogP contribution is -2.06. The van der Waals surface area contributed by atoms with Gasteiger partial charge in [-0.05, 0) is 13.0 Å². The van der Waals surface area contributed by atoms with Crippen molar-refractivity contribution in [2.75, 3.05) is 0 Å². The van der Waals surface area contributed by atoms with Crippen molar-refractivity contribution in [3.8, 4) is 0 Å². The Kier molecular flexibility index (Phi) is 5.14. The third kappa shape index (κ3) is 5.35. The number of hydrogen-bond acceptors (Lipinski definition) is 0. The van der Waals surface area contributed by atoms with Crippen molar-refractivity contribution >= 4 is 46.4 Å². The highest BCUT2D eigenvalue weighted by atomic mass is 35.5. The highest BCUT2D eigenvalue weighted by Gasteiger charge is 2.07. The van der Waals surface area contributed by atoms with Gasteiger partial charge in [0.05, 0.1) is 10.8 Å². The van der Waals surface area contributed by atoms with E-state index in [2.05, 4.69) is 0 Å². The molecule has 0 aliphatic carbocycles. The Morgan fingerprint density at radius 1 is 1.33 bits per heavy atom. The van der Waals surface area contributed by atoms with Gasteiger partial charge in [-0.15, -0.1) is 23.2 Å². The van der Waals surface area contributed by atoms with Gasteiger partial charge >= 0.3 is 0 Å². The van der Waals surface area contributed by atoms with Crippen LogP contribution in [0.15, 0.2) is 10.6 Å². The van der Waals surface area contributed by atoms with Gasteiger partial charge in [0.15, 0.2) is 0 Å². The monoisotopic (exact) mass is 206 g/mol. The smallest absolute Gasteiger partial charge is 0.104 e. The van der Waals surface area contributed by atoms with Crippen LogP contribution in [-0.2, 0) is 0 Å². The summed E-state index contributed by atoms with van der Waals surface area (Å²) in [5.41, 5.74) is 0. The van der Waals surface area contributed by atoms with Crippen molar-refractivity contribution in [3.63, 3.8) is 0 Å². The van der Waals surface area contributed by atoms with Gasteiger partial charge in [-0.25, -0.2) is 0 Å². The fourth-order valence-electron chi connectivity index (χ4n) is 0.253. The van der Waals surface area contributed by atoms with E-state index in [0.29, 0.717) is 0 Å². The minimum Gasteiger partial charge on any atom is -0.121 e. The molecule has 0 nitrogen and oxygen atoms in total. The first-order chi connectivity index (χ1) is 4.04. The predicted octanol–water partition coefficient (Wildman–Crippen LogP) is 3.54. The Labute approximate surface area is 74.7 Å². The highest BCUT2D eigenvalue weighted by molar-refractivity contribution is 6.56. The lowest BCUT2D eigenvalue weighted by atomic mass is 10.3. The van der Waals surface area contributed by atoms with Gasteiger partial charge in [0, 0.05) is 0 Å². The van der Waals surface area contributed by atoms with E-state index in [1.54, 1.807) is 6.92 Å². The molecule has 0 bridgehead atoms. The molecule has 0 spiro atoms. The minimum atomic E-state index is -0.295. The maximum atomic E-state index is 5.63. The largest absolute Gasteiger partial charge is 0.121 e. The number of alkyl halides is 2. The zero-order valence-electron chi connectivity index (χ0n) is 4.74. The van der Waals surface area contributed by atoms with Gasteiger partial charge in [-0.2, -0.15) is 0 Å². The summed E-state index contributed by atoms with van der Waals surface area (Å²) in [5, 5.41) is -0.448. The molecule has 54 valence electrons. The van der Waals surface area contributed by atoms with E-state index in [1.165, 1.54) is 6.08 Å². The average molecular weight is 208 g/mol. The fraction of sp³-hybridized carbons (Fsp3) is 0.600. The Balaban J connectivity index is 3.76. The maximum Gasteiger partial charge on any atom is 0.104 e. The molecular formula is C5H6Cl4. The van der Waals surface area contributed by atoms with E-state index in [0.717, 1.165) is 0 Å². The van der Waals surface area contributed by atoms with Crippen LogP contribution in [0.4, 0.5) is 0 Å². The molecule has 0 aliphatic heterocycles. The number of halogens is 4. The second kappa shape index (κ2) is 4.68. The van der Waals surface area contributed by atoms with Gasteiger partial charge in [0.1, 0.15) is 4.49 Å². The van der Waals surface area contributed by atoms with Crippen molar-refractivity contribution in [1.82, 2.24) is 0 Å². The van der Waals surface area contributed by atoms with Gasteiger partial charge < -0.3 is 0 Å². The molecule has 0 radical (unpaired) electrons. The van der Waals surface area contributed by atoms with Crippen LogP contribution in [0.2, 0.25) is 0 Å². The Morgan fingerprint density at radius 3 is 1.89 bits per heavy atom. The highest BCUT2D eigenvalue weighted by Crippen LogP contribution is 2.16. The van der Waals surface area contributed by atoms with Crippen molar-refractivity contribution < 1.29 is 0 Å². The lowest BCUT2D eigenvalue weighted by Gasteiger charge is -2.03. The van der Waals surface area contributed by atoms with Crippen LogP contribution in [0.25, 0.3) is 0 Å². The normalized spacial score (nSPS) is 16.6. The maximum absolute atomic E-state index is 5.63. The van der Waals surface area contributed by atoms with Gasteiger partial charge in [-0.1, -0.05) is 23.2 Å². The fourth-order valence-corrected chi connectivity index (χ4v) is 0.852. The van der Waals surface area contributed by atoms with Crippen molar-refractivity contribution in [2.24, 2.45) is 0 Å². The molecule has 0 saturated carbocycles. The van der Waals surface area contributed by atoms with E-state index in [1.807, 2.05) is 0 Å². The van der Waals surface area contributed by atoms with Gasteiger partial charge in [0.2, 0.25) is 0 Å². The molecule has 0 aliphatic rings. The third-order valence-electron chi connectivity index (χ3n) is 0.724. The molecule has 0 N–H and O–H groups in total. The molecule has 0 rings (SSSR count). The summed E-state index contributed by atoms with van der Waals surface area (Å²) in [6.45, 7) is 1.77. The molecule has 0 aromatic carbocycles. The molecule has 4 heteroatoms. The molecule has 0 aromatic heterocycles. The van der Waals surface area contributed by atoms with Gasteiger partial charge in [0.25, 0.3) is 0 Å². The number of hydrogen-bond donors (Lipinski definition) is 0. The Bertz CT molecular complexity index is 104. The zero-order valence-corrected chi connectivity index (χ0v) is 7.77. The molecule has 2 atom stereocenters. The first-order valence-electron chi connectivity index (χ1n) is 2.35.